The molecule has 17 heavy (non-hydrogen) atoms. The van der Waals surface area contributed by atoms with Crippen molar-refractivity contribution < 1.29 is 9.47 Å². The quantitative estimate of drug-likeness (QED) is 0.790. The van der Waals surface area contributed by atoms with Gasteiger partial charge in [0.25, 0.3) is 0 Å². The van der Waals surface area contributed by atoms with Gasteiger partial charge in [-0.2, -0.15) is 0 Å². The van der Waals surface area contributed by atoms with E-state index in [-0.39, 0.29) is 11.6 Å². The Balaban J connectivity index is 2.78. The number of nitrogens with two attached hydrogens (primary N) is 1. The molecular formula is C13H28N2O2. The van der Waals surface area contributed by atoms with Gasteiger partial charge in [-0.25, -0.2) is 0 Å². The van der Waals surface area contributed by atoms with Gasteiger partial charge in [-0.1, -0.05) is 6.92 Å². The molecule has 1 aliphatic heterocycles. The second kappa shape index (κ2) is 6.69. The fourth-order valence-corrected chi connectivity index (χ4v) is 2.41. The molecule has 1 heterocycles. The molecule has 0 saturated carbocycles. The van der Waals surface area contributed by atoms with Crippen molar-refractivity contribution in [3.8, 4) is 0 Å². The van der Waals surface area contributed by atoms with E-state index in [4.69, 9.17) is 15.2 Å². The molecule has 1 saturated heterocycles. The largest absolute Gasteiger partial charge is 0.380 e. The van der Waals surface area contributed by atoms with Gasteiger partial charge in [0.15, 0.2) is 0 Å². The topological polar surface area (TPSA) is 47.7 Å². The lowest BCUT2D eigenvalue weighted by molar-refractivity contribution is -0.0424. The lowest BCUT2D eigenvalue weighted by Crippen LogP contribution is -2.60. The minimum Gasteiger partial charge on any atom is -0.380 e. The Labute approximate surface area is 105 Å². The molecule has 0 bridgehead atoms. The standard InChI is InChI=1S/C13H28N2O2/c1-5-12-9-15(7-6-8-17-12)13(3,10-14)11(2)16-4/h11-12H,5-10,14H2,1-4H3. The van der Waals surface area contributed by atoms with Gasteiger partial charge < -0.3 is 15.2 Å². The molecule has 0 amide bonds. The third kappa shape index (κ3) is 3.41. The van der Waals surface area contributed by atoms with Crippen LogP contribution in [0.15, 0.2) is 0 Å². The molecule has 0 radical (unpaired) electrons. The van der Waals surface area contributed by atoms with E-state index in [1.807, 2.05) is 0 Å². The Morgan fingerprint density at radius 2 is 2.29 bits per heavy atom. The molecule has 0 aromatic carbocycles. The number of hydrogen-bond donors (Lipinski definition) is 1. The molecule has 102 valence electrons. The summed E-state index contributed by atoms with van der Waals surface area (Å²) in [6.07, 6.45) is 2.58. The summed E-state index contributed by atoms with van der Waals surface area (Å²) in [5.74, 6) is 0. The molecule has 0 aliphatic carbocycles. The molecule has 4 nitrogen and oxygen atoms in total. The van der Waals surface area contributed by atoms with E-state index < -0.39 is 0 Å². The maximum Gasteiger partial charge on any atom is 0.0736 e. The fourth-order valence-electron chi connectivity index (χ4n) is 2.41. The van der Waals surface area contributed by atoms with Crippen LogP contribution < -0.4 is 5.73 Å². The third-order valence-corrected chi connectivity index (χ3v) is 4.17. The van der Waals surface area contributed by atoms with E-state index in [2.05, 4.69) is 25.7 Å². The van der Waals surface area contributed by atoms with Crippen molar-refractivity contribution in [1.82, 2.24) is 4.90 Å². The second-order valence-electron chi connectivity index (χ2n) is 5.14. The molecule has 0 spiro atoms. The first-order chi connectivity index (χ1) is 8.08. The van der Waals surface area contributed by atoms with Gasteiger partial charge >= 0.3 is 0 Å². The zero-order valence-corrected chi connectivity index (χ0v) is 11.7. The average molecular weight is 244 g/mol. The lowest BCUT2D eigenvalue weighted by atomic mass is 9.92. The van der Waals surface area contributed by atoms with Gasteiger partial charge in [0.2, 0.25) is 0 Å². The number of methoxy groups -OCH3 is 1. The van der Waals surface area contributed by atoms with E-state index in [1.54, 1.807) is 7.11 Å². The summed E-state index contributed by atoms with van der Waals surface area (Å²) in [5.41, 5.74) is 5.89. The van der Waals surface area contributed by atoms with Crippen molar-refractivity contribution in [2.75, 3.05) is 33.4 Å². The molecule has 0 aromatic heterocycles. The molecule has 0 aromatic rings. The monoisotopic (exact) mass is 244 g/mol. The van der Waals surface area contributed by atoms with E-state index >= 15 is 0 Å². The first-order valence-corrected chi connectivity index (χ1v) is 6.68. The first-order valence-electron chi connectivity index (χ1n) is 6.68. The maximum atomic E-state index is 5.99. The van der Waals surface area contributed by atoms with Gasteiger partial charge in [0.05, 0.1) is 17.7 Å². The van der Waals surface area contributed by atoms with Crippen molar-refractivity contribution in [3.63, 3.8) is 0 Å². The zero-order valence-electron chi connectivity index (χ0n) is 11.7. The summed E-state index contributed by atoms with van der Waals surface area (Å²) in [7, 11) is 1.75. The Kier molecular flexibility index (Phi) is 5.86. The first kappa shape index (κ1) is 14.9. The smallest absolute Gasteiger partial charge is 0.0736 e. The Hall–Kier alpha value is -0.160. The lowest BCUT2D eigenvalue weighted by Gasteiger charge is -2.44. The summed E-state index contributed by atoms with van der Waals surface area (Å²) >= 11 is 0. The van der Waals surface area contributed by atoms with Crippen LogP contribution in [-0.2, 0) is 9.47 Å². The van der Waals surface area contributed by atoms with E-state index in [0.717, 1.165) is 32.5 Å². The minimum absolute atomic E-state index is 0.101. The normalized spacial score (nSPS) is 28.4. The van der Waals surface area contributed by atoms with Gasteiger partial charge in [0, 0.05) is 33.4 Å². The highest BCUT2D eigenvalue weighted by molar-refractivity contribution is 4.94. The molecule has 1 aliphatic rings. The highest BCUT2D eigenvalue weighted by Gasteiger charge is 2.38. The van der Waals surface area contributed by atoms with E-state index in [9.17, 15) is 0 Å². The van der Waals surface area contributed by atoms with Crippen LogP contribution in [0.3, 0.4) is 0 Å². The van der Waals surface area contributed by atoms with Crippen LogP contribution in [0.2, 0.25) is 0 Å². The van der Waals surface area contributed by atoms with E-state index in [0.29, 0.717) is 12.6 Å². The summed E-state index contributed by atoms with van der Waals surface area (Å²) in [6.45, 7) is 9.93. The molecule has 3 atom stereocenters. The van der Waals surface area contributed by atoms with Crippen LogP contribution in [0.5, 0.6) is 0 Å². The Morgan fingerprint density at radius 1 is 1.59 bits per heavy atom. The Bertz CT molecular complexity index is 225. The number of rotatable bonds is 5. The van der Waals surface area contributed by atoms with Crippen LogP contribution >= 0.6 is 0 Å². The van der Waals surface area contributed by atoms with Crippen molar-refractivity contribution in [1.29, 1.82) is 0 Å². The van der Waals surface area contributed by atoms with Crippen molar-refractivity contribution in [3.05, 3.63) is 0 Å². The third-order valence-electron chi connectivity index (χ3n) is 4.17. The summed E-state index contributed by atoms with van der Waals surface area (Å²) in [5, 5.41) is 0. The molecular weight excluding hydrogens is 216 g/mol. The molecule has 1 fully saturated rings. The van der Waals surface area contributed by atoms with Crippen molar-refractivity contribution >= 4 is 0 Å². The SMILES string of the molecule is CCC1CN(C(C)(CN)C(C)OC)CCCO1. The number of nitrogens with zero attached hydrogens (tertiary/aromatic N) is 1. The maximum absolute atomic E-state index is 5.99. The highest BCUT2D eigenvalue weighted by Crippen LogP contribution is 2.24. The predicted octanol–water partition coefficient (Wildman–Crippen LogP) is 1.24. The zero-order chi connectivity index (χ0) is 12.9. The summed E-state index contributed by atoms with van der Waals surface area (Å²) in [6, 6.07) is 0. The Morgan fingerprint density at radius 3 is 2.82 bits per heavy atom. The number of hydrogen-bond acceptors (Lipinski definition) is 4. The summed E-state index contributed by atoms with van der Waals surface area (Å²) in [4.78, 5) is 2.45. The van der Waals surface area contributed by atoms with Crippen LogP contribution in [0, 0.1) is 0 Å². The molecule has 1 rings (SSSR count). The average Bonchev–Trinajstić information content (AvgIpc) is 2.62. The van der Waals surface area contributed by atoms with Gasteiger partial charge in [-0.3, -0.25) is 4.90 Å². The van der Waals surface area contributed by atoms with E-state index in [1.165, 1.54) is 0 Å². The molecule has 4 heteroatoms. The molecule has 3 unspecified atom stereocenters. The van der Waals surface area contributed by atoms with Crippen LogP contribution in [0.25, 0.3) is 0 Å². The van der Waals surface area contributed by atoms with Crippen LogP contribution in [0.4, 0.5) is 0 Å². The molecule has 2 N–H and O–H groups in total. The van der Waals surface area contributed by atoms with Gasteiger partial charge in [-0.05, 0) is 26.7 Å². The predicted molar refractivity (Wildman–Crippen MR) is 70.2 cm³/mol. The van der Waals surface area contributed by atoms with Crippen LogP contribution in [0.1, 0.15) is 33.6 Å². The fraction of sp³-hybridized carbons (Fsp3) is 1.00. The van der Waals surface area contributed by atoms with Crippen LogP contribution in [-0.4, -0.2) is 56.0 Å². The number of ether oxygens (including phenoxy) is 2. The summed E-state index contributed by atoms with van der Waals surface area (Å²) < 4.78 is 11.3. The van der Waals surface area contributed by atoms with Crippen molar-refractivity contribution in [2.45, 2.75) is 51.4 Å². The minimum atomic E-state index is -0.101. The second-order valence-corrected chi connectivity index (χ2v) is 5.14. The van der Waals surface area contributed by atoms with Gasteiger partial charge in [0.1, 0.15) is 0 Å². The van der Waals surface area contributed by atoms with Gasteiger partial charge in [-0.15, -0.1) is 0 Å². The van der Waals surface area contributed by atoms with Crippen molar-refractivity contribution in [2.24, 2.45) is 5.73 Å². The highest BCUT2D eigenvalue weighted by atomic mass is 16.5.